The maximum absolute atomic E-state index is 13.0. The van der Waals surface area contributed by atoms with Crippen LogP contribution in [0.4, 0.5) is 0 Å². The summed E-state index contributed by atoms with van der Waals surface area (Å²) in [6, 6.07) is 8.03. The van der Waals surface area contributed by atoms with Crippen molar-refractivity contribution in [1.82, 2.24) is 4.90 Å². The monoisotopic (exact) mass is 269 g/mol. The van der Waals surface area contributed by atoms with Gasteiger partial charge in [-0.25, -0.2) is 0 Å². The minimum atomic E-state index is -0.340. The Morgan fingerprint density at radius 1 is 1.20 bits per heavy atom. The van der Waals surface area contributed by atoms with E-state index in [-0.39, 0.29) is 5.41 Å². The largest absolute Gasteiger partial charge is 0.374 e. The molecule has 0 amide bonds. The second-order valence-corrected chi connectivity index (χ2v) is 6.22. The van der Waals surface area contributed by atoms with Crippen molar-refractivity contribution < 1.29 is 4.79 Å². The predicted octanol–water partition coefficient (Wildman–Crippen LogP) is 4.13. The summed E-state index contributed by atoms with van der Waals surface area (Å²) >= 11 is 0. The van der Waals surface area contributed by atoms with Gasteiger partial charge >= 0.3 is 0 Å². The first-order valence-electron chi connectivity index (χ1n) is 7.78. The van der Waals surface area contributed by atoms with Crippen LogP contribution in [0.3, 0.4) is 0 Å². The maximum Gasteiger partial charge on any atom is 0.175 e. The molecule has 1 atom stereocenters. The average Bonchev–Trinajstić information content (AvgIpc) is 2.97. The van der Waals surface area contributed by atoms with Crippen LogP contribution in [0.25, 0.3) is 6.08 Å². The molecule has 0 saturated carbocycles. The number of Topliss-reactive ketones (excluding diaryl/α,β-unsaturated/α-hetero) is 1. The predicted molar refractivity (Wildman–Crippen MR) is 82.6 cm³/mol. The SMILES string of the molecule is CCCC1(C)C(=O)c2ccccc2C=C1N1CCCC1. The molecule has 1 heterocycles. The number of hydrogen-bond acceptors (Lipinski definition) is 2. The fraction of sp³-hybridized carbons (Fsp3) is 0.500. The van der Waals surface area contributed by atoms with Crippen LogP contribution in [-0.2, 0) is 0 Å². The van der Waals surface area contributed by atoms with Gasteiger partial charge in [0.25, 0.3) is 0 Å². The zero-order chi connectivity index (χ0) is 14.2. The zero-order valence-electron chi connectivity index (χ0n) is 12.5. The molecule has 0 N–H and O–H groups in total. The number of fused-ring (bicyclic) bond motifs is 1. The van der Waals surface area contributed by atoms with Crippen molar-refractivity contribution in [3.8, 4) is 0 Å². The first kappa shape index (κ1) is 13.4. The number of benzene rings is 1. The van der Waals surface area contributed by atoms with Gasteiger partial charge < -0.3 is 4.90 Å². The van der Waals surface area contributed by atoms with E-state index >= 15 is 0 Å². The Morgan fingerprint density at radius 3 is 2.60 bits per heavy atom. The molecule has 0 spiro atoms. The summed E-state index contributed by atoms with van der Waals surface area (Å²) < 4.78 is 0. The van der Waals surface area contributed by atoms with Crippen LogP contribution in [0, 0.1) is 5.41 Å². The summed E-state index contributed by atoms with van der Waals surface area (Å²) in [6.45, 7) is 6.50. The molecule has 1 aliphatic heterocycles. The molecule has 1 aromatic rings. The Morgan fingerprint density at radius 2 is 1.90 bits per heavy atom. The van der Waals surface area contributed by atoms with Gasteiger partial charge in [-0.3, -0.25) is 4.79 Å². The third-order valence-corrected chi connectivity index (χ3v) is 4.76. The van der Waals surface area contributed by atoms with Crippen molar-refractivity contribution in [2.45, 2.75) is 39.5 Å². The number of carbonyl (C=O) groups excluding carboxylic acids is 1. The lowest BCUT2D eigenvalue weighted by Gasteiger charge is -2.39. The highest BCUT2D eigenvalue weighted by Gasteiger charge is 2.43. The number of hydrogen-bond donors (Lipinski definition) is 0. The Hall–Kier alpha value is -1.57. The second-order valence-electron chi connectivity index (χ2n) is 6.22. The van der Waals surface area contributed by atoms with Crippen molar-refractivity contribution in [1.29, 1.82) is 0 Å². The van der Waals surface area contributed by atoms with E-state index in [1.54, 1.807) is 0 Å². The van der Waals surface area contributed by atoms with E-state index in [4.69, 9.17) is 0 Å². The third-order valence-electron chi connectivity index (χ3n) is 4.76. The van der Waals surface area contributed by atoms with Crippen LogP contribution >= 0.6 is 0 Å². The molecule has 20 heavy (non-hydrogen) atoms. The molecule has 1 aliphatic carbocycles. The number of ketones is 1. The molecule has 1 fully saturated rings. The molecule has 2 nitrogen and oxygen atoms in total. The van der Waals surface area contributed by atoms with Gasteiger partial charge in [0, 0.05) is 24.4 Å². The molecule has 0 bridgehead atoms. The summed E-state index contributed by atoms with van der Waals surface area (Å²) in [5.41, 5.74) is 2.90. The summed E-state index contributed by atoms with van der Waals surface area (Å²) in [4.78, 5) is 15.5. The molecule has 3 rings (SSSR count). The lowest BCUT2D eigenvalue weighted by Crippen LogP contribution is -2.40. The Kier molecular flexibility index (Phi) is 3.41. The van der Waals surface area contributed by atoms with Crippen LogP contribution in [0.15, 0.2) is 30.0 Å². The van der Waals surface area contributed by atoms with Gasteiger partial charge in [-0.1, -0.05) is 37.6 Å². The molecular formula is C18H23NO. The van der Waals surface area contributed by atoms with Gasteiger partial charge in [-0.2, -0.15) is 0 Å². The second kappa shape index (κ2) is 5.08. The van der Waals surface area contributed by atoms with Gasteiger partial charge in [0.1, 0.15) is 0 Å². The first-order valence-corrected chi connectivity index (χ1v) is 7.78. The van der Waals surface area contributed by atoms with Gasteiger partial charge in [0.05, 0.1) is 5.41 Å². The lowest BCUT2D eigenvalue weighted by molar-refractivity contribution is 0.0807. The van der Waals surface area contributed by atoms with Crippen LogP contribution in [0.2, 0.25) is 0 Å². The molecule has 2 aliphatic rings. The number of nitrogens with zero attached hydrogens (tertiary/aromatic N) is 1. The van der Waals surface area contributed by atoms with Crippen LogP contribution < -0.4 is 0 Å². The van der Waals surface area contributed by atoms with Crippen molar-refractivity contribution >= 4 is 11.9 Å². The van der Waals surface area contributed by atoms with Crippen LogP contribution in [0.5, 0.6) is 0 Å². The van der Waals surface area contributed by atoms with Gasteiger partial charge in [-0.15, -0.1) is 0 Å². The van der Waals surface area contributed by atoms with E-state index in [1.807, 2.05) is 18.2 Å². The summed E-state index contributed by atoms with van der Waals surface area (Å²) in [5, 5.41) is 0. The Labute approximate surface area is 121 Å². The van der Waals surface area contributed by atoms with Crippen molar-refractivity contribution in [3.63, 3.8) is 0 Å². The normalized spacial score (nSPS) is 25.6. The molecule has 1 unspecified atom stereocenters. The van der Waals surface area contributed by atoms with Crippen molar-refractivity contribution in [2.24, 2.45) is 5.41 Å². The molecule has 1 saturated heterocycles. The highest BCUT2D eigenvalue weighted by atomic mass is 16.1. The minimum absolute atomic E-state index is 0.305. The highest BCUT2D eigenvalue weighted by Crippen LogP contribution is 2.44. The van der Waals surface area contributed by atoms with E-state index in [0.717, 1.165) is 37.1 Å². The van der Waals surface area contributed by atoms with E-state index < -0.39 is 0 Å². The quantitative estimate of drug-likeness (QED) is 0.822. The fourth-order valence-corrected chi connectivity index (χ4v) is 3.69. The number of likely N-dealkylation sites (tertiary alicyclic amines) is 1. The van der Waals surface area contributed by atoms with E-state index in [0.29, 0.717) is 5.78 Å². The zero-order valence-corrected chi connectivity index (χ0v) is 12.5. The molecular weight excluding hydrogens is 246 g/mol. The number of allylic oxidation sites excluding steroid dienone is 1. The Bertz CT molecular complexity index is 554. The smallest absolute Gasteiger partial charge is 0.175 e. The molecule has 0 radical (unpaired) electrons. The van der Waals surface area contributed by atoms with Crippen molar-refractivity contribution in [2.75, 3.05) is 13.1 Å². The summed E-state index contributed by atoms with van der Waals surface area (Å²) in [6.07, 6.45) is 6.72. The third kappa shape index (κ3) is 1.98. The molecule has 2 heteroatoms. The van der Waals surface area contributed by atoms with E-state index in [2.05, 4.69) is 30.9 Å². The minimum Gasteiger partial charge on any atom is -0.374 e. The maximum atomic E-state index is 13.0. The number of rotatable bonds is 3. The van der Waals surface area contributed by atoms with Crippen LogP contribution in [-0.4, -0.2) is 23.8 Å². The summed E-state index contributed by atoms with van der Waals surface area (Å²) in [5.74, 6) is 0.305. The fourth-order valence-electron chi connectivity index (χ4n) is 3.69. The number of carbonyl (C=O) groups is 1. The standard InChI is InChI=1S/C18H23NO/c1-3-10-18(2)16(19-11-6-7-12-19)13-14-8-4-5-9-15(14)17(18)20/h4-5,8-9,13H,3,6-7,10-12H2,1-2H3. The van der Waals surface area contributed by atoms with E-state index in [9.17, 15) is 4.79 Å². The van der Waals surface area contributed by atoms with Gasteiger partial charge in [-0.05, 0) is 37.8 Å². The van der Waals surface area contributed by atoms with E-state index in [1.165, 1.54) is 18.5 Å². The first-order chi connectivity index (χ1) is 9.66. The molecule has 106 valence electrons. The van der Waals surface area contributed by atoms with Gasteiger partial charge in [0.2, 0.25) is 0 Å². The average molecular weight is 269 g/mol. The topological polar surface area (TPSA) is 20.3 Å². The Balaban J connectivity index is 2.11. The van der Waals surface area contributed by atoms with Crippen molar-refractivity contribution in [3.05, 3.63) is 41.1 Å². The molecule has 0 aromatic heterocycles. The van der Waals surface area contributed by atoms with Crippen LogP contribution in [0.1, 0.15) is 55.5 Å². The van der Waals surface area contributed by atoms with Gasteiger partial charge in [0.15, 0.2) is 5.78 Å². The lowest BCUT2D eigenvalue weighted by atomic mass is 9.70. The highest BCUT2D eigenvalue weighted by molar-refractivity contribution is 6.07. The molecule has 1 aromatic carbocycles. The summed E-state index contributed by atoms with van der Waals surface area (Å²) in [7, 11) is 0.